The maximum absolute atomic E-state index is 12.1. The van der Waals surface area contributed by atoms with Gasteiger partial charge in [-0.25, -0.2) is 9.97 Å². The van der Waals surface area contributed by atoms with Crippen molar-refractivity contribution < 1.29 is 9.59 Å². The van der Waals surface area contributed by atoms with Crippen molar-refractivity contribution >= 4 is 57.4 Å². The van der Waals surface area contributed by atoms with Crippen molar-refractivity contribution in [3.05, 3.63) is 48.5 Å². The van der Waals surface area contributed by atoms with E-state index in [-0.39, 0.29) is 11.8 Å². The van der Waals surface area contributed by atoms with Crippen LogP contribution in [0.4, 0.5) is 0 Å². The monoisotopic (exact) mass is 410 g/mol. The normalized spacial score (nSPS) is 11.4. The van der Waals surface area contributed by atoms with Crippen LogP contribution in [0.15, 0.2) is 58.8 Å². The number of rotatable bonds is 5. The van der Waals surface area contributed by atoms with Gasteiger partial charge in [-0.05, 0) is 24.3 Å². The summed E-state index contributed by atoms with van der Waals surface area (Å²) in [6, 6.07) is 15.2. The minimum atomic E-state index is -0.0535. The van der Waals surface area contributed by atoms with Gasteiger partial charge in [0.1, 0.15) is 0 Å². The highest BCUT2D eigenvalue weighted by Gasteiger charge is 2.16. The van der Waals surface area contributed by atoms with Crippen LogP contribution in [0.3, 0.4) is 0 Å². The topological polar surface area (TPSA) is 69.8 Å². The highest BCUT2D eigenvalue weighted by molar-refractivity contribution is 8.02. The molecule has 0 unspecified atom stereocenters. The minimum Gasteiger partial charge on any atom is -0.274 e. The van der Waals surface area contributed by atoms with E-state index >= 15 is 0 Å². The first-order valence-electron chi connectivity index (χ1n) is 8.78. The summed E-state index contributed by atoms with van der Waals surface area (Å²) in [5.74, 6) is 1.37. The Bertz CT molecular complexity index is 1100. The summed E-state index contributed by atoms with van der Waals surface area (Å²) >= 11 is 3.06. The van der Waals surface area contributed by atoms with Crippen molar-refractivity contribution in [1.29, 1.82) is 0 Å². The molecule has 2 aromatic heterocycles. The molecule has 0 saturated carbocycles. The molecule has 0 amide bonds. The second-order valence-electron chi connectivity index (χ2n) is 6.17. The SMILES string of the molecule is CC(=O)n1c(SCCSc2nc3ccccc3n2C(C)=O)nc2ccccc21. The molecule has 2 heterocycles. The average Bonchev–Trinajstić information content (AvgIpc) is 3.22. The van der Waals surface area contributed by atoms with Crippen LogP contribution in [0.1, 0.15) is 23.4 Å². The van der Waals surface area contributed by atoms with E-state index in [0.29, 0.717) is 10.3 Å². The third-order valence-corrected chi connectivity index (χ3v) is 6.37. The molecule has 0 spiro atoms. The molecule has 0 aliphatic rings. The number of aromatic nitrogens is 4. The first-order valence-corrected chi connectivity index (χ1v) is 10.8. The number of carbonyl (C=O) groups excluding carboxylic acids is 2. The van der Waals surface area contributed by atoms with Crippen LogP contribution in [0.25, 0.3) is 22.1 Å². The summed E-state index contributed by atoms with van der Waals surface area (Å²) in [6.07, 6.45) is 0. The Morgan fingerprint density at radius 3 is 1.54 bits per heavy atom. The Hall–Kier alpha value is -2.58. The number of fused-ring (bicyclic) bond motifs is 2. The lowest BCUT2D eigenvalue weighted by Crippen LogP contribution is -2.08. The summed E-state index contributed by atoms with van der Waals surface area (Å²) in [5.41, 5.74) is 3.27. The number of para-hydroxylation sites is 4. The van der Waals surface area contributed by atoms with E-state index in [9.17, 15) is 9.59 Å². The molecule has 4 rings (SSSR count). The van der Waals surface area contributed by atoms with Crippen LogP contribution in [0.5, 0.6) is 0 Å². The molecule has 142 valence electrons. The van der Waals surface area contributed by atoms with Gasteiger partial charge in [0.2, 0.25) is 11.8 Å². The molecule has 6 nitrogen and oxygen atoms in total. The van der Waals surface area contributed by atoms with Gasteiger partial charge in [-0.1, -0.05) is 47.8 Å². The second-order valence-corrected chi connectivity index (χ2v) is 8.30. The molecular weight excluding hydrogens is 392 g/mol. The number of hydrogen-bond acceptors (Lipinski definition) is 6. The predicted octanol–water partition coefficient (Wildman–Crippen LogP) is 4.59. The molecule has 0 aliphatic heterocycles. The van der Waals surface area contributed by atoms with E-state index < -0.39 is 0 Å². The molecule has 0 saturated heterocycles. The zero-order chi connectivity index (χ0) is 19.7. The highest BCUT2D eigenvalue weighted by atomic mass is 32.2. The summed E-state index contributed by atoms with van der Waals surface area (Å²) in [5, 5.41) is 1.38. The van der Waals surface area contributed by atoms with Crippen LogP contribution in [-0.4, -0.2) is 42.4 Å². The number of imidazole rings is 2. The molecule has 28 heavy (non-hydrogen) atoms. The van der Waals surface area contributed by atoms with Crippen molar-refractivity contribution in [1.82, 2.24) is 19.1 Å². The Morgan fingerprint density at radius 2 is 1.14 bits per heavy atom. The Kier molecular flexibility index (Phi) is 5.23. The molecule has 4 aromatic rings. The maximum atomic E-state index is 12.1. The van der Waals surface area contributed by atoms with Crippen LogP contribution in [0, 0.1) is 0 Å². The number of carbonyl (C=O) groups is 2. The van der Waals surface area contributed by atoms with E-state index in [1.54, 1.807) is 23.0 Å². The molecule has 8 heteroatoms. The zero-order valence-electron chi connectivity index (χ0n) is 15.5. The van der Waals surface area contributed by atoms with E-state index in [4.69, 9.17) is 0 Å². The number of nitrogens with zero attached hydrogens (tertiary/aromatic N) is 4. The lowest BCUT2D eigenvalue weighted by Gasteiger charge is -2.05. The van der Waals surface area contributed by atoms with Crippen LogP contribution < -0.4 is 0 Å². The van der Waals surface area contributed by atoms with Gasteiger partial charge in [0.25, 0.3) is 0 Å². The van der Waals surface area contributed by atoms with E-state index in [1.807, 2.05) is 48.5 Å². The van der Waals surface area contributed by atoms with Crippen molar-refractivity contribution in [2.24, 2.45) is 0 Å². The first-order chi connectivity index (χ1) is 13.6. The van der Waals surface area contributed by atoms with Gasteiger partial charge in [-0.2, -0.15) is 0 Å². The number of hydrogen-bond donors (Lipinski definition) is 0. The predicted molar refractivity (Wildman–Crippen MR) is 114 cm³/mol. The Balaban J connectivity index is 1.50. The van der Waals surface area contributed by atoms with Gasteiger partial charge >= 0.3 is 0 Å². The van der Waals surface area contributed by atoms with Crippen molar-refractivity contribution in [3.8, 4) is 0 Å². The number of thioether (sulfide) groups is 2. The fraction of sp³-hybridized carbons (Fsp3) is 0.200. The van der Waals surface area contributed by atoms with Crippen molar-refractivity contribution in [2.45, 2.75) is 24.2 Å². The number of benzene rings is 2. The average molecular weight is 411 g/mol. The lowest BCUT2D eigenvalue weighted by molar-refractivity contribution is 0.0922. The van der Waals surface area contributed by atoms with Crippen molar-refractivity contribution in [3.63, 3.8) is 0 Å². The summed E-state index contributed by atoms with van der Waals surface area (Å²) < 4.78 is 3.30. The van der Waals surface area contributed by atoms with Gasteiger partial charge in [0, 0.05) is 25.4 Å². The fourth-order valence-corrected chi connectivity index (χ4v) is 5.15. The summed E-state index contributed by atoms with van der Waals surface area (Å²) in [7, 11) is 0. The van der Waals surface area contributed by atoms with Crippen LogP contribution in [-0.2, 0) is 0 Å². The van der Waals surface area contributed by atoms with Crippen LogP contribution in [0.2, 0.25) is 0 Å². The van der Waals surface area contributed by atoms with E-state index in [0.717, 1.165) is 33.6 Å². The third kappa shape index (κ3) is 3.45. The van der Waals surface area contributed by atoms with Gasteiger partial charge in [0.05, 0.1) is 22.1 Å². The molecule has 0 radical (unpaired) electrons. The lowest BCUT2D eigenvalue weighted by atomic mass is 10.3. The zero-order valence-corrected chi connectivity index (χ0v) is 17.1. The quantitative estimate of drug-likeness (QED) is 0.354. The molecule has 0 bridgehead atoms. The molecule has 0 aliphatic carbocycles. The summed E-state index contributed by atoms with van der Waals surface area (Å²) in [6.45, 7) is 3.09. The standard InChI is InChI=1S/C20H18N4O2S2/c1-13(25)23-17-9-5-3-7-15(17)21-19(23)27-11-12-28-20-22-16-8-4-6-10-18(16)24(20)14(2)26/h3-10H,11-12H2,1-2H3. The van der Waals surface area contributed by atoms with Gasteiger partial charge < -0.3 is 0 Å². The van der Waals surface area contributed by atoms with Crippen molar-refractivity contribution in [2.75, 3.05) is 11.5 Å². The molecule has 2 aromatic carbocycles. The van der Waals surface area contributed by atoms with E-state index in [1.165, 1.54) is 23.5 Å². The minimum absolute atomic E-state index is 0.0535. The highest BCUT2D eigenvalue weighted by Crippen LogP contribution is 2.28. The maximum Gasteiger partial charge on any atom is 0.230 e. The summed E-state index contributed by atoms with van der Waals surface area (Å²) in [4.78, 5) is 33.3. The fourth-order valence-electron chi connectivity index (χ4n) is 3.08. The second kappa shape index (κ2) is 7.81. The first kappa shape index (κ1) is 18.8. The Morgan fingerprint density at radius 1 is 0.750 bits per heavy atom. The molecule has 0 N–H and O–H groups in total. The Labute approximate surface area is 170 Å². The van der Waals surface area contributed by atoms with Gasteiger partial charge in [-0.3, -0.25) is 18.7 Å². The molecular formula is C20H18N4O2S2. The van der Waals surface area contributed by atoms with E-state index in [2.05, 4.69) is 9.97 Å². The van der Waals surface area contributed by atoms with Crippen LogP contribution >= 0.6 is 23.5 Å². The molecule has 0 fully saturated rings. The third-order valence-electron chi connectivity index (χ3n) is 4.24. The molecule has 0 atom stereocenters. The largest absolute Gasteiger partial charge is 0.274 e. The van der Waals surface area contributed by atoms with Gasteiger partial charge in [0.15, 0.2) is 10.3 Å². The smallest absolute Gasteiger partial charge is 0.230 e. The van der Waals surface area contributed by atoms with Gasteiger partial charge in [-0.15, -0.1) is 0 Å².